The molecule has 0 bridgehead atoms. The highest BCUT2D eigenvalue weighted by atomic mass is 79.9. The minimum atomic E-state index is -0.167. The molecule has 0 aliphatic heterocycles. The lowest BCUT2D eigenvalue weighted by Crippen LogP contribution is -2.12. The van der Waals surface area contributed by atoms with Crippen LogP contribution in [0.1, 0.15) is 30.7 Å². The molecule has 6 heteroatoms. The second kappa shape index (κ2) is 8.56. The van der Waals surface area contributed by atoms with Gasteiger partial charge >= 0.3 is 0 Å². The molecule has 132 valence electrons. The summed E-state index contributed by atoms with van der Waals surface area (Å²) in [6.45, 7) is 5.94. The van der Waals surface area contributed by atoms with Crippen LogP contribution in [0.4, 0.5) is 0 Å². The normalized spacial score (nSPS) is 12.6. The van der Waals surface area contributed by atoms with E-state index in [1.807, 2.05) is 48.9 Å². The number of hydrogen-bond donors (Lipinski definition) is 0. The third kappa shape index (κ3) is 4.45. The second-order valence-corrected chi connectivity index (χ2v) is 6.79. The van der Waals surface area contributed by atoms with E-state index in [1.54, 1.807) is 0 Å². The first-order valence-electron chi connectivity index (χ1n) is 8.40. The van der Waals surface area contributed by atoms with Gasteiger partial charge in [0.05, 0.1) is 18.7 Å². The van der Waals surface area contributed by atoms with E-state index < -0.39 is 0 Å². The third-order valence-corrected chi connectivity index (χ3v) is 4.94. The Morgan fingerprint density at radius 2 is 1.92 bits per heavy atom. The molecule has 0 radical (unpaired) electrons. The van der Waals surface area contributed by atoms with Gasteiger partial charge in [-0.1, -0.05) is 51.5 Å². The zero-order valence-electron chi connectivity index (χ0n) is 14.5. The molecule has 1 atom stereocenters. The summed E-state index contributed by atoms with van der Waals surface area (Å²) < 4.78 is 14.4. The van der Waals surface area contributed by atoms with Crippen molar-refractivity contribution in [2.24, 2.45) is 0 Å². The minimum Gasteiger partial charge on any atom is -0.377 e. The molecule has 0 aliphatic rings. The third-order valence-electron chi connectivity index (χ3n) is 4.08. The Labute approximate surface area is 156 Å². The van der Waals surface area contributed by atoms with E-state index in [0.717, 1.165) is 27.5 Å². The van der Waals surface area contributed by atoms with Crippen LogP contribution in [0, 0.1) is 6.92 Å². The van der Waals surface area contributed by atoms with E-state index in [2.05, 4.69) is 38.4 Å². The molecular weight excluding hydrogens is 382 g/mol. The summed E-state index contributed by atoms with van der Waals surface area (Å²) in [6, 6.07) is 14.2. The van der Waals surface area contributed by atoms with Crippen molar-refractivity contribution < 1.29 is 9.47 Å². The van der Waals surface area contributed by atoms with Crippen molar-refractivity contribution in [3.63, 3.8) is 0 Å². The number of fused-ring (bicyclic) bond motifs is 1. The Morgan fingerprint density at radius 1 is 1.12 bits per heavy atom. The summed E-state index contributed by atoms with van der Waals surface area (Å²) in [4.78, 5) is 0. The van der Waals surface area contributed by atoms with Crippen LogP contribution in [0.15, 0.2) is 46.9 Å². The fourth-order valence-corrected chi connectivity index (χ4v) is 2.95. The summed E-state index contributed by atoms with van der Waals surface area (Å²) in [5, 5.41) is 8.51. The van der Waals surface area contributed by atoms with E-state index in [-0.39, 0.29) is 6.23 Å². The molecular formula is C19H22BrN3O2. The van der Waals surface area contributed by atoms with Gasteiger partial charge in [0.25, 0.3) is 0 Å². The van der Waals surface area contributed by atoms with Crippen LogP contribution in [-0.4, -0.2) is 28.2 Å². The molecule has 0 N–H and O–H groups in total. The SMILES string of the molecule is Cc1c(Br)ccc2c1nnn2C(C)OCCCOCc1ccccc1. The monoisotopic (exact) mass is 403 g/mol. The van der Waals surface area contributed by atoms with Crippen molar-refractivity contribution in [1.82, 2.24) is 15.0 Å². The van der Waals surface area contributed by atoms with Crippen molar-refractivity contribution in [3.8, 4) is 0 Å². The lowest BCUT2D eigenvalue weighted by atomic mass is 10.2. The van der Waals surface area contributed by atoms with Crippen molar-refractivity contribution in [2.75, 3.05) is 13.2 Å². The fraction of sp³-hybridized carbons (Fsp3) is 0.368. The van der Waals surface area contributed by atoms with E-state index in [9.17, 15) is 0 Å². The second-order valence-electron chi connectivity index (χ2n) is 5.94. The number of aryl methyl sites for hydroxylation is 1. The number of benzene rings is 2. The fourth-order valence-electron chi connectivity index (χ4n) is 2.63. The highest BCUT2D eigenvalue weighted by Crippen LogP contribution is 2.25. The lowest BCUT2D eigenvalue weighted by molar-refractivity contribution is -0.00406. The van der Waals surface area contributed by atoms with Gasteiger partial charge in [-0.05, 0) is 43.5 Å². The Morgan fingerprint density at radius 3 is 2.72 bits per heavy atom. The molecule has 25 heavy (non-hydrogen) atoms. The zero-order chi connectivity index (χ0) is 17.6. The highest BCUT2D eigenvalue weighted by Gasteiger charge is 2.13. The first kappa shape index (κ1) is 18.0. The van der Waals surface area contributed by atoms with Crippen molar-refractivity contribution in [2.45, 2.75) is 33.1 Å². The largest absolute Gasteiger partial charge is 0.377 e. The summed E-state index contributed by atoms with van der Waals surface area (Å²) in [7, 11) is 0. The number of rotatable bonds is 8. The maximum absolute atomic E-state index is 5.89. The van der Waals surface area contributed by atoms with Crippen molar-refractivity contribution >= 4 is 27.0 Å². The van der Waals surface area contributed by atoms with E-state index in [1.165, 1.54) is 5.56 Å². The molecule has 5 nitrogen and oxygen atoms in total. The molecule has 3 aromatic rings. The summed E-state index contributed by atoms with van der Waals surface area (Å²) in [5.74, 6) is 0. The number of aromatic nitrogens is 3. The van der Waals surface area contributed by atoms with Crippen LogP contribution < -0.4 is 0 Å². The Balaban J connectivity index is 1.45. The maximum Gasteiger partial charge on any atom is 0.149 e. The van der Waals surface area contributed by atoms with Crippen molar-refractivity contribution in [1.29, 1.82) is 0 Å². The van der Waals surface area contributed by atoms with E-state index in [4.69, 9.17) is 9.47 Å². The molecule has 1 unspecified atom stereocenters. The summed E-state index contributed by atoms with van der Waals surface area (Å²) in [6.07, 6.45) is 0.675. The quantitative estimate of drug-likeness (QED) is 0.513. The van der Waals surface area contributed by atoms with Gasteiger partial charge in [0.15, 0.2) is 0 Å². The van der Waals surface area contributed by atoms with E-state index in [0.29, 0.717) is 19.8 Å². The molecule has 1 aromatic heterocycles. The molecule has 1 heterocycles. The van der Waals surface area contributed by atoms with Gasteiger partial charge in [-0.2, -0.15) is 0 Å². The zero-order valence-corrected chi connectivity index (χ0v) is 16.1. The van der Waals surface area contributed by atoms with Gasteiger partial charge in [0.1, 0.15) is 11.7 Å². The Kier molecular flexibility index (Phi) is 6.18. The molecule has 0 aliphatic carbocycles. The highest BCUT2D eigenvalue weighted by molar-refractivity contribution is 9.10. The molecule has 0 spiro atoms. The first-order valence-corrected chi connectivity index (χ1v) is 9.19. The molecule has 3 rings (SSSR count). The van der Waals surface area contributed by atoms with Crippen LogP contribution in [0.5, 0.6) is 0 Å². The lowest BCUT2D eigenvalue weighted by Gasteiger charge is -2.14. The Hall–Kier alpha value is -1.76. The predicted octanol–water partition coefficient (Wildman–Crippen LogP) is 4.64. The number of hydrogen-bond acceptors (Lipinski definition) is 4. The molecule has 0 saturated carbocycles. The van der Waals surface area contributed by atoms with Crippen molar-refractivity contribution in [3.05, 3.63) is 58.1 Å². The van der Waals surface area contributed by atoms with Gasteiger partial charge < -0.3 is 9.47 Å². The predicted molar refractivity (Wildman–Crippen MR) is 101 cm³/mol. The average Bonchev–Trinajstić information content (AvgIpc) is 3.06. The number of ether oxygens (including phenoxy) is 2. The molecule has 2 aromatic carbocycles. The topological polar surface area (TPSA) is 49.2 Å². The van der Waals surface area contributed by atoms with Crippen LogP contribution >= 0.6 is 15.9 Å². The van der Waals surface area contributed by atoms with Gasteiger partial charge in [-0.15, -0.1) is 5.10 Å². The molecule has 0 saturated heterocycles. The maximum atomic E-state index is 5.89. The molecule has 0 amide bonds. The van der Waals surface area contributed by atoms with E-state index >= 15 is 0 Å². The van der Waals surface area contributed by atoms with Gasteiger partial charge in [0, 0.05) is 11.1 Å². The number of halogens is 1. The summed E-state index contributed by atoms with van der Waals surface area (Å²) >= 11 is 3.52. The van der Waals surface area contributed by atoms with Crippen LogP contribution in [0.3, 0.4) is 0 Å². The minimum absolute atomic E-state index is 0.167. The van der Waals surface area contributed by atoms with Gasteiger partial charge in [-0.3, -0.25) is 0 Å². The van der Waals surface area contributed by atoms with Crippen LogP contribution in [0.2, 0.25) is 0 Å². The van der Waals surface area contributed by atoms with Crippen LogP contribution in [0.25, 0.3) is 11.0 Å². The number of nitrogens with zero attached hydrogens (tertiary/aromatic N) is 3. The van der Waals surface area contributed by atoms with Gasteiger partial charge in [-0.25, -0.2) is 4.68 Å². The molecule has 0 fully saturated rings. The average molecular weight is 404 g/mol. The van der Waals surface area contributed by atoms with Crippen LogP contribution in [-0.2, 0) is 16.1 Å². The standard InChI is InChI=1S/C19H22BrN3O2/c1-14-17(20)9-10-18-19(14)21-22-23(18)15(2)25-12-6-11-24-13-16-7-4-3-5-8-16/h3-5,7-10,15H,6,11-13H2,1-2H3. The first-order chi connectivity index (χ1) is 12.2. The summed E-state index contributed by atoms with van der Waals surface area (Å²) in [5.41, 5.74) is 4.15. The smallest absolute Gasteiger partial charge is 0.149 e. The Bertz CT molecular complexity index is 820. The van der Waals surface area contributed by atoms with Gasteiger partial charge in [0.2, 0.25) is 0 Å².